The smallest absolute Gasteiger partial charge is 0.221 e. The molecule has 0 aliphatic heterocycles. The first-order chi connectivity index (χ1) is 9.02. The number of aromatic nitrogens is 4. The average Bonchev–Trinajstić information content (AvgIpc) is 2.75. The fourth-order valence-electron chi connectivity index (χ4n) is 1.88. The van der Waals surface area contributed by atoms with Crippen LogP contribution in [0.25, 0.3) is 0 Å². The van der Waals surface area contributed by atoms with E-state index in [2.05, 4.69) is 15.0 Å². The summed E-state index contributed by atoms with van der Waals surface area (Å²) in [6.07, 6.45) is 3.19. The Balaban J connectivity index is 2.43. The van der Waals surface area contributed by atoms with E-state index in [1.54, 1.807) is 37.7 Å². The van der Waals surface area contributed by atoms with Crippen molar-refractivity contribution in [3.05, 3.63) is 41.5 Å². The number of nitrogens with zero attached hydrogens (tertiary/aromatic N) is 5. The van der Waals surface area contributed by atoms with Gasteiger partial charge in [-0.2, -0.15) is 5.26 Å². The molecular formula is C13H13N5O. The molecule has 0 fully saturated rings. The maximum absolute atomic E-state index is 12.3. The van der Waals surface area contributed by atoms with E-state index in [4.69, 9.17) is 0 Å². The number of imidazole rings is 1. The quantitative estimate of drug-likeness (QED) is 0.772. The van der Waals surface area contributed by atoms with Gasteiger partial charge in [-0.3, -0.25) is 4.79 Å². The van der Waals surface area contributed by atoms with Crippen molar-refractivity contribution in [3.63, 3.8) is 0 Å². The fraction of sp³-hybridized carbons (Fsp3) is 0.308. The molecule has 2 aromatic rings. The average molecular weight is 255 g/mol. The maximum Gasteiger partial charge on any atom is 0.221 e. The lowest BCUT2D eigenvalue weighted by atomic mass is 10.0. The van der Waals surface area contributed by atoms with Crippen LogP contribution >= 0.6 is 0 Å². The van der Waals surface area contributed by atoms with Gasteiger partial charge in [0.15, 0.2) is 11.7 Å². The van der Waals surface area contributed by atoms with Crippen LogP contribution in [0.2, 0.25) is 0 Å². The van der Waals surface area contributed by atoms with Crippen molar-refractivity contribution in [1.29, 1.82) is 5.26 Å². The number of Topliss-reactive ketones (excluding diaryl/α,β-unsaturated/α-hetero) is 1. The van der Waals surface area contributed by atoms with Crippen molar-refractivity contribution in [2.45, 2.75) is 19.8 Å². The van der Waals surface area contributed by atoms with E-state index in [0.29, 0.717) is 11.5 Å². The third-order valence-corrected chi connectivity index (χ3v) is 2.71. The molecule has 0 N–H and O–H groups in total. The van der Waals surface area contributed by atoms with Gasteiger partial charge in [0.1, 0.15) is 5.82 Å². The van der Waals surface area contributed by atoms with Gasteiger partial charge in [-0.25, -0.2) is 15.0 Å². The first kappa shape index (κ1) is 12.9. The van der Waals surface area contributed by atoms with Gasteiger partial charge >= 0.3 is 0 Å². The summed E-state index contributed by atoms with van der Waals surface area (Å²) in [7, 11) is 1.71. The van der Waals surface area contributed by atoms with Crippen molar-refractivity contribution in [2.75, 3.05) is 0 Å². The van der Waals surface area contributed by atoms with Crippen molar-refractivity contribution >= 4 is 5.78 Å². The van der Waals surface area contributed by atoms with Crippen LogP contribution in [0, 0.1) is 25.2 Å². The van der Waals surface area contributed by atoms with Crippen LogP contribution < -0.4 is 0 Å². The summed E-state index contributed by atoms with van der Waals surface area (Å²) in [6, 6.07) is 3.65. The SMILES string of the molecule is Cc1cc(C(C#N)C(=O)c2nccn2C)nc(C)n1. The van der Waals surface area contributed by atoms with Crippen LogP contribution in [0.4, 0.5) is 0 Å². The predicted molar refractivity (Wildman–Crippen MR) is 67.4 cm³/mol. The Kier molecular flexibility index (Phi) is 3.38. The first-order valence-corrected chi connectivity index (χ1v) is 5.76. The number of hydrogen-bond donors (Lipinski definition) is 0. The van der Waals surface area contributed by atoms with Crippen molar-refractivity contribution < 1.29 is 4.79 Å². The molecule has 0 saturated heterocycles. The van der Waals surface area contributed by atoms with Gasteiger partial charge in [0.25, 0.3) is 0 Å². The lowest BCUT2D eigenvalue weighted by Gasteiger charge is -2.09. The van der Waals surface area contributed by atoms with Gasteiger partial charge in [0, 0.05) is 25.1 Å². The van der Waals surface area contributed by atoms with Crippen LogP contribution in [0.1, 0.15) is 33.7 Å². The molecule has 6 heteroatoms. The molecule has 96 valence electrons. The number of hydrogen-bond acceptors (Lipinski definition) is 5. The highest BCUT2D eigenvalue weighted by Gasteiger charge is 2.26. The van der Waals surface area contributed by atoms with E-state index >= 15 is 0 Å². The molecule has 2 heterocycles. The van der Waals surface area contributed by atoms with Gasteiger partial charge in [-0.05, 0) is 19.9 Å². The Bertz CT molecular complexity index is 648. The topological polar surface area (TPSA) is 84.5 Å². The van der Waals surface area contributed by atoms with Crippen molar-refractivity contribution in [3.8, 4) is 6.07 Å². The first-order valence-electron chi connectivity index (χ1n) is 5.76. The molecular weight excluding hydrogens is 242 g/mol. The van der Waals surface area contributed by atoms with E-state index in [9.17, 15) is 10.1 Å². The number of aryl methyl sites for hydroxylation is 3. The molecule has 2 aromatic heterocycles. The van der Waals surface area contributed by atoms with Crippen LogP contribution in [-0.4, -0.2) is 25.3 Å². The van der Waals surface area contributed by atoms with Crippen LogP contribution in [0.3, 0.4) is 0 Å². The Hall–Kier alpha value is -2.55. The van der Waals surface area contributed by atoms with Gasteiger partial charge in [0.2, 0.25) is 5.78 Å². The number of carbonyl (C=O) groups excluding carboxylic acids is 1. The van der Waals surface area contributed by atoms with E-state index in [-0.39, 0.29) is 11.6 Å². The zero-order valence-electron chi connectivity index (χ0n) is 11.0. The predicted octanol–water partition coefficient (Wildman–Crippen LogP) is 1.32. The Morgan fingerprint density at radius 3 is 2.68 bits per heavy atom. The molecule has 0 aromatic carbocycles. The third-order valence-electron chi connectivity index (χ3n) is 2.71. The molecule has 0 bridgehead atoms. The molecule has 0 spiro atoms. The summed E-state index contributed by atoms with van der Waals surface area (Å²) in [4.78, 5) is 24.6. The second kappa shape index (κ2) is 4.98. The summed E-state index contributed by atoms with van der Waals surface area (Å²) < 4.78 is 1.59. The molecule has 0 saturated carbocycles. The van der Waals surface area contributed by atoms with E-state index in [1.807, 2.05) is 6.07 Å². The second-order valence-corrected chi connectivity index (χ2v) is 4.27. The minimum Gasteiger partial charge on any atom is -0.332 e. The van der Waals surface area contributed by atoms with Crippen molar-refractivity contribution in [2.24, 2.45) is 7.05 Å². The summed E-state index contributed by atoms with van der Waals surface area (Å²) in [6.45, 7) is 3.54. The van der Waals surface area contributed by atoms with Gasteiger partial charge in [-0.15, -0.1) is 0 Å². The largest absolute Gasteiger partial charge is 0.332 e. The molecule has 0 aliphatic rings. The number of rotatable bonds is 3. The minimum absolute atomic E-state index is 0.250. The van der Waals surface area contributed by atoms with Gasteiger partial charge in [0.05, 0.1) is 11.8 Å². The fourth-order valence-corrected chi connectivity index (χ4v) is 1.88. The number of ketones is 1. The minimum atomic E-state index is -0.957. The van der Waals surface area contributed by atoms with E-state index in [1.165, 1.54) is 6.20 Å². The second-order valence-electron chi connectivity index (χ2n) is 4.27. The van der Waals surface area contributed by atoms with Gasteiger partial charge in [-0.1, -0.05) is 0 Å². The summed E-state index contributed by atoms with van der Waals surface area (Å²) in [5.41, 5.74) is 1.15. The molecule has 1 atom stereocenters. The Morgan fingerprint density at radius 1 is 1.42 bits per heavy atom. The zero-order valence-corrected chi connectivity index (χ0v) is 11.0. The molecule has 0 radical (unpaired) electrons. The normalized spacial score (nSPS) is 11.9. The maximum atomic E-state index is 12.3. The Morgan fingerprint density at radius 2 is 2.16 bits per heavy atom. The molecule has 19 heavy (non-hydrogen) atoms. The van der Waals surface area contributed by atoms with Crippen molar-refractivity contribution in [1.82, 2.24) is 19.5 Å². The van der Waals surface area contributed by atoms with Crippen LogP contribution in [0.15, 0.2) is 18.5 Å². The third kappa shape index (κ3) is 2.50. The number of nitriles is 1. The van der Waals surface area contributed by atoms with Gasteiger partial charge < -0.3 is 4.57 Å². The number of carbonyl (C=O) groups is 1. The summed E-state index contributed by atoms with van der Waals surface area (Å²) >= 11 is 0. The molecule has 6 nitrogen and oxygen atoms in total. The summed E-state index contributed by atoms with van der Waals surface area (Å²) in [5, 5.41) is 9.25. The zero-order chi connectivity index (χ0) is 14.0. The summed E-state index contributed by atoms with van der Waals surface area (Å²) in [5.74, 6) is -0.516. The Labute approximate surface area is 110 Å². The highest BCUT2D eigenvalue weighted by atomic mass is 16.1. The molecule has 2 rings (SSSR count). The molecule has 1 unspecified atom stereocenters. The van der Waals surface area contributed by atoms with E-state index in [0.717, 1.165) is 5.69 Å². The monoisotopic (exact) mass is 255 g/mol. The molecule has 0 aliphatic carbocycles. The lowest BCUT2D eigenvalue weighted by Crippen LogP contribution is -2.17. The van der Waals surface area contributed by atoms with Crippen LogP contribution in [0.5, 0.6) is 0 Å². The van der Waals surface area contributed by atoms with Crippen LogP contribution in [-0.2, 0) is 7.05 Å². The highest BCUT2D eigenvalue weighted by molar-refractivity contribution is 5.99. The molecule has 0 amide bonds. The highest BCUT2D eigenvalue weighted by Crippen LogP contribution is 2.18. The lowest BCUT2D eigenvalue weighted by molar-refractivity contribution is 0.0964. The van der Waals surface area contributed by atoms with E-state index < -0.39 is 5.92 Å². The standard InChI is InChI=1S/C13H13N5O/c1-8-6-11(17-9(2)16-8)10(7-14)12(19)13-15-4-5-18(13)3/h4-6,10H,1-3H3.